The lowest BCUT2D eigenvalue weighted by Gasteiger charge is -2.11. The van der Waals surface area contributed by atoms with E-state index in [0.717, 1.165) is 0 Å². The van der Waals surface area contributed by atoms with Crippen LogP contribution in [0.5, 0.6) is 5.75 Å². The van der Waals surface area contributed by atoms with E-state index in [2.05, 4.69) is 4.98 Å². The fourth-order valence-corrected chi connectivity index (χ4v) is 1.14. The Hall–Kier alpha value is -1.62. The van der Waals surface area contributed by atoms with Crippen molar-refractivity contribution in [1.82, 2.24) is 4.98 Å². The molecular formula is C9H12N2O3. The SMILES string of the molecule is COc1cccnc1C(N)CC(=O)O. The molecule has 1 atom stereocenters. The Kier molecular flexibility index (Phi) is 3.41. The number of ether oxygens (including phenoxy) is 1. The van der Waals surface area contributed by atoms with Gasteiger partial charge in [0.1, 0.15) is 5.75 Å². The third-order valence-corrected chi connectivity index (χ3v) is 1.77. The van der Waals surface area contributed by atoms with Crippen LogP contribution in [0.4, 0.5) is 0 Å². The van der Waals surface area contributed by atoms with Gasteiger partial charge in [-0.25, -0.2) is 0 Å². The molecule has 0 saturated heterocycles. The first-order valence-corrected chi connectivity index (χ1v) is 4.11. The summed E-state index contributed by atoms with van der Waals surface area (Å²) in [7, 11) is 1.49. The zero-order chi connectivity index (χ0) is 10.6. The van der Waals surface area contributed by atoms with Crippen LogP contribution < -0.4 is 10.5 Å². The zero-order valence-corrected chi connectivity index (χ0v) is 7.80. The molecule has 3 N–H and O–H groups in total. The number of rotatable bonds is 4. The van der Waals surface area contributed by atoms with Gasteiger partial charge in [0, 0.05) is 6.20 Å². The molecule has 14 heavy (non-hydrogen) atoms. The van der Waals surface area contributed by atoms with Crippen LogP contribution in [-0.4, -0.2) is 23.2 Å². The van der Waals surface area contributed by atoms with Gasteiger partial charge in [0.2, 0.25) is 0 Å². The summed E-state index contributed by atoms with van der Waals surface area (Å²) < 4.78 is 5.01. The number of carbonyl (C=O) groups is 1. The van der Waals surface area contributed by atoms with Gasteiger partial charge < -0.3 is 15.6 Å². The molecule has 0 aliphatic rings. The molecule has 0 aromatic carbocycles. The maximum Gasteiger partial charge on any atom is 0.305 e. The molecule has 1 aromatic heterocycles. The lowest BCUT2D eigenvalue weighted by molar-refractivity contribution is -0.137. The van der Waals surface area contributed by atoms with Crippen molar-refractivity contribution in [2.75, 3.05) is 7.11 Å². The number of aliphatic carboxylic acids is 1. The third-order valence-electron chi connectivity index (χ3n) is 1.77. The first-order chi connectivity index (χ1) is 6.65. The average molecular weight is 196 g/mol. The van der Waals surface area contributed by atoms with Crippen LogP contribution in [-0.2, 0) is 4.79 Å². The standard InChI is InChI=1S/C9H12N2O3/c1-14-7-3-2-4-11-9(7)6(10)5-8(12)13/h2-4,6H,5,10H2,1H3,(H,12,13). The topological polar surface area (TPSA) is 85.4 Å². The number of carboxylic acid groups (broad SMARTS) is 1. The van der Waals surface area contributed by atoms with Crippen molar-refractivity contribution < 1.29 is 14.6 Å². The molecule has 5 heteroatoms. The highest BCUT2D eigenvalue weighted by atomic mass is 16.5. The van der Waals surface area contributed by atoms with Crippen molar-refractivity contribution in [3.05, 3.63) is 24.0 Å². The quantitative estimate of drug-likeness (QED) is 0.735. The summed E-state index contributed by atoms with van der Waals surface area (Å²) in [6.07, 6.45) is 1.40. The molecule has 76 valence electrons. The minimum absolute atomic E-state index is 0.159. The summed E-state index contributed by atoms with van der Waals surface area (Å²) in [6, 6.07) is 2.77. The van der Waals surface area contributed by atoms with E-state index < -0.39 is 12.0 Å². The summed E-state index contributed by atoms with van der Waals surface area (Å²) in [6.45, 7) is 0. The third kappa shape index (κ3) is 2.43. The second-order valence-electron chi connectivity index (χ2n) is 2.80. The van der Waals surface area contributed by atoms with Crippen LogP contribution in [0.15, 0.2) is 18.3 Å². The van der Waals surface area contributed by atoms with Gasteiger partial charge in [0.05, 0.1) is 25.3 Å². The van der Waals surface area contributed by atoms with Crippen molar-refractivity contribution in [1.29, 1.82) is 0 Å². The van der Waals surface area contributed by atoms with Gasteiger partial charge in [0.15, 0.2) is 0 Å². The van der Waals surface area contributed by atoms with Gasteiger partial charge in [0.25, 0.3) is 0 Å². The van der Waals surface area contributed by atoms with Crippen molar-refractivity contribution in [2.24, 2.45) is 5.73 Å². The van der Waals surface area contributed by atoms with Crippen molar-refractivity contribution >= 4 is 5.97 Å². The molecule has 1 unspecified atom stereocenters. The molecule has 1 aromatic rings. The molecule has 0 aliphatic carbocycles. The summed E-state index contributed by atoms with van der Waals surface area (Å²) >= 11 is 0. The molecule has 5 nitrogen and oxygen atoms in total. The maximum atomic E-state index is 10.4. The van der Waals surface area contributed by atoms with E-state index in [0.29, 0.717) is 11.4 Å². The molecule has 1 heterocycles. The predicted octanol–water partition coefficient (Wildman–Crippen LogP) is 0.565. The number of hydrogen-bond acceptors (Lipinski definition) is 4. The fourth-order valence-electron chi connectivity index (χ4n) is 1.14. The first-order valence-electron chi connectivity index (χ1n) is 4.11. The number of nitrogens with two attached hydrogens (primary N) is 1. The van der Waals surface area contributed by atoms with Gasteiger partial charge in [-0.2, -0.15) is 0 Å². The van der Waals surface area contributed by atoms with Crippen molar-refractivity contribution in [2.45, 2.75) is 12.5 Å². The normalized spacial score (nSPS) is 12.1. The van der Waals surface area contributed by atoms with E-state index in [1.165, 1.54) is 7.11 Å². The van der Waals surface area contributed by atoms with Crippen LogP contribution >= 0.6 is 0 Å². The number of carboxylic acids is 1. The van der Waals surface area contributed by atoms with E-state index in [1.54, 1.807) is 18.3 Å². The molecule has 1 rings (SSSR count). The number of hydrogen-bond donors (Lipinski definition) is 2. The molecular weight excluding hydrogens is 184 g/mol. The van der Waals surface area contributed by atoms with E-state index in [-0.39, 0.29) is 6.42 Å². The summed E-state index contributed by atoms with van der Waals surface area (Å²) in [5.41, 5.74) is 6.12. The fraction of sp³-hybridized carbons (Fsp3) is 0.333. The Balaban J connectivity index is 2.87. The van der Waals surface area contributed by atoms with E-state index >= 15 is 0 Å². The van der Waals surface area contributed by atoms with Gasteiger partial charge in [-0.05, 0) is 12.1 Å². The molecule has 0 aliphatic heterocycles. The lowest BCUT2D eigenvalue weighted by atomic mass is 10.1. The van der Waals surface area contributed by atoms with Crippen LogP contribution in [0.3, 0.4) is 0 Å². The number of pyridine rings is 1. The first kappa shape index (κ1) is 10.5. The summed E-state index contributed by atoms with van der Waals surface area (Å²) in [5.74, 6) is -0.438. The molecule has 0 saturated carbocycles. The highest BCUT2D eigenvalue weighted by Crippen LogP contribution is 2.22. The van der Waals surface area contributed by atoms with Gasteiger partial charge >= 0.3 is 5.97 Å². The van der Waals surface area contributed by atoms with Crippen LogP contribution in [0.25, 0.3) is 0 Å². The van der Waals surface area contributed by atoms with Crippen LogP contribution in [0, 0.1) is 0 Å². The minimum Gasteiger partial charge on any atom is -0.495 e. The van der Waals surface area contributed by atoms with E-state index in [9.17, 15) is 4.79 Å². The van der Waals surface area contributed by atoms with Crippen LogP contribution in [0.2, 0.25) is 0 Å². The highest BCUT2D eigenvalue weighted by Gasteiger charge is 2.15. The number of methoxy groups -OCH3 is 1. The second kappa shape index (κ2) is 4.57. The minimum atomic E-state index is -0.954. The zero-order valence-electron chi connectivity index (χ0n) is 7.80. The van der Waals surface area contributed by atoms with Crippen LogP contribution in [0.1, 0.15) is 18.2 Å². The van der Waals surface area contributed by atoms with Gasteiger partial charge in [-0.1, -0.05) is 0 Å². The molecule has 0 bridgehead atoms. The Morgan fingerprint density at radius 2 is 2.50 bits per heavy atom. The molecule has 0 fully saturated rings. The Labute approximate surface area is 81.5 Å². The van der Waals surface area contributed by atoms with Crippen molar-refractivity contribution in [3.8, 4) is 5.75 Å². The molecule has 0 spiro atoms. The highest BCUT2D eigenvalue weighted by molar-refractivity contribution is 5.67. The van der Waals surface area contributed by atoms with E-state index in [1.807, 2.05) is 0 Å². The molecule has 0 radical (unpaired) electrons. The predicted molar refractivity (Wildman–Crippen MR) is 50.0 cm³/mol. The number of nitrogens with zero attached hydrogens (tertiary/aromatic N) is 1. The van der Waals surface area contributed by atoms with E-state index in [4.69, 9.17) is 15.6 Å². The van der Waals surface area contributed by atoms with Gasteiger partial charge in [-0.15, -0.1) is 0 Å². The average Bonchev–Trinajstić information content (AvgIpc) is 2.16. The Bertz CT molecular complexity index is 328. The second-order valence-corrected chi connectivity index (χ2v) is 2.80. The van der Waals surface area contributed by atoms with Crippen molar-refractivity contribution in [3.63, 3.8) is 0 Å². The Morgan fingerprint density at radius 1 is 1.79 bits per heavy atom. The number of aromatic nitrogens is 1. The Morgan fingerprint density at radius 3 is 3.07 bits per heavy atom. The maximum absolute atomic E-state index is 10.4. The van der Waals surface area contributed by atoms with Gasteiger partial charge in [-0.3, -0.25) is 9.78 Å². The summed E-state index contributed by atoms with van der Waals surface area (Å²) in [5, 5.41) is 8.56. The smallest absolute Gasteiger partial charge is 0.305 e. The summed E-state index contributed by atoms with van der Waals surface area (Å²) in [4.78, 5) is 14.4. The lowest BCUT2D eigenvalue weighted by Crippen LogP contribution is -2.17. The monoisotopic (exact) mass is 196 g/mol. The molecule has 0 amide bonds. The largest absolute Gasteiger partial charge is 0.495 e.